The van der Waals surface area contributed by atoms with Gasteiger partial charge in [-0.15, -0.1) is 10.2 Å². The van der Waals surface area contributed by atoms with Crippen molar-refractivity contribution in [2.24, 2.45) is 0 Å². The molecule has 27 heavy (non-hydrogen) atoms. The highest BCUT2D eigenvalue weighted by Gasteiger charge is 1.96. The Kier molecular flexibility index (Phi) is 17.7. The maximum atomic E-state index is 5.70. The highest BCUT2D eigenvalue weighted by atomic mass is 16.5. The molecule has 0 radical (unpaired) electrons. The SMILES string of the molecule is CCCCCCCCCCCCCCCCCCOCCCn1cnnc1. The maximum Gasteiger partial charge on any atom is 0.119 e. The number of ether oxygens (including phenoxy) is 1. The molecule has 0 saturated heterocycles. The van der Waals surface area contributed by atoms with Crippen LogP contribution >= 0.6 is 0 Å². The lowest BCUT2D eigenvalue weighted by Crippen LogP contribution is -2.02. The quantitative estimate of drug-likeness (QED) is 0.217. The van der Waals surface area contributed by atoms with Crippen LogP contribution in [-0.2, 0) is 11.3 Å². The summed E-state index contributed by atoms with van der Waals surface area (Å²) >= 11 is 0. The summed E-state index contributed by atoms with van der Waals surface area (Å²) < 4.78 is 7.69. The predicted molar refractivity (Wildman–Crippen MR) is 115 cm³/mol. The van der Waals surface area contributed by atoms with Gasteiger partial charge in [-0.2, -0.15) is 0 Å². The van der Waals surface area contributed by atoms with E-state index < -0.39 is 0 Å². The summed E-state index contributed by atoms with van der Waals surface area (Å²) in [4.78, 5) is 0. The van der Waals surface area contributed by atoms with Crippen LogP contribution in [0.15, 0.2) is 12.7 Å². The van der Waals surface area contributed by atoms with Gasteiger partial charge in [0, 0.05) is 19.8 Å². The maximum absolute atomic E-state index is 5.70. The first-order valence-electron chi connectivity index (χ1n) is 11.8. The molecular formula is C23H45N3O. The van der Waals surface area contributed by atoms with Gasteiger partial charge >= 0.3 is 0 Å². The van der Waals surface area contributed by atoms with E-state index in [1.54, 1.807) is 12.7 Å². The Labute approximate surface area is 168 Å². The van der Waals surface area contributed by atoms with Gasteiger partial charge in [0.15, 0.2) is 0 Å². The number of rotatable bonds is 21. The van der Waals surface area contributed by atoms with Crippen molar-refractivity contribution in [3.63, 3.8) is 0 Å². The van der Waals surface area contributed by atoms with Gasteiger partial charge in [0.05, 0.1) is 0 Å². The third kappa shape index (κ3) is 17.0. The summed E-state index contributed by atoms with van der Waals surface area (Å²) in [5.74, 6) is 0. The molecule has 0 unspecified atom stereocenters. The average molecular weight is 380 g/mol. The molecule has 0 amide bonds. The molecule has 4 heteroatoms. The normalized spacial score (nSPS) is 11.3. The van der Waals surface area contributed by atoms with Crippen molar-refractivity contribution in [1.82, 2.24) is 14.8 Å². The van der Waals surface area contributed by atoms with E-state index in [1.165, 1.54) is 103 Å². The molecular weight excluding hydrogens is 334 g/mol. The lowest BCUT2D eigenvalue weighted by atomic mass is 10.0. The Morgan fingerprint density at radius 1 is 0.556 bits per heavy atom. The summed E-state index contributed by atoms with van der Waals surface area (Å²) in [5.41, 5.74) is 0. The van der Waals surface area contributed by atoms with Crippen LogP contribution in [-0.4, -0.2) is 28.0 Å². The second-order valence-corrected chi connectivity index (χ2v) is 7.97. The first-order valence-corrected chi connectivity index (χ1v) is 11.8. The second-order valence-electron chi connectivity index (χ2n) is 7.97. The summed E-state index contributed by atoms with van der Waals surface area (Å²) in [6, 6.07) is 0. The van der Waals surface area contributed by atoms with Gasteiger partial charge < -0.3 is 9.30 Å². The van der Waals surface area contributed by atoms with E-state index in [0.717, 1.165) is 26.2 Å². The zero-order valence-corrected chi connectivity index (χ0v) is 18.0. The Morgan fingerprint density at radius 3 is 1.44 bits per heavy atom. The number of hydrogen-bond donors (Lipinski definition) is 0. The Bertz CT molecular complexity index is 381. The fourth-order valence-corrected chi connectivity index (χ4v) is 3.54. The van der Waals surface area contributed by atoms with E-state index in [1.807, 2.05) is 4.57 Å². The van der Waals surface area contributed by atoms with Crippen LogP contribution in [0.4, 0.5) is 0 Å². The molecule has 1 aromatic heterocycles. The molecule has 0 aliphatic carbocycles. The van der Waals surface area contributed by atoms with Crippen LogP contribution in [0.1, 0.15) is 116 Å². The van der Waals surface area contributed by atoms with Crippen molar-refractivity contribution in [2.75, 3.05) is 13.2 Å². The average Bonchev–Trinajstić information content (AvgIpc) is 3.20. The smallest absolute Gasteiger partial charge is 0.119 e. The van der Waals surface area contributed by atoms with Crippen molar-refractivity contribution in [3.8, 4) is 0 Å². The molecule has 1 aromatic rings. The molecule has 4 nitrogen and oxygen atoms in total. The molecule has 0 fully saturated rings. The van der Waals surface area contributed by atoms with E-state index in [9.17, 15) is 0 Å². The van der Waals surface area contributed by atoms with Gasteiger partial charge in [0.1, 0.15) is 12.7 Å². The van der Waals surface area contributed by atoms with E-state index in [-0.39, 0.29) is 0 Å². The second kappa shape index (κ2) is 19.9. The zero-order valence-electron chi connectivity index (χ0n) is 18.0. The molecule has 1 rings (SSSR count). The molecule has 0 saturated carbocycles. The minimum absolute atomic E-state index is 0.844. The number of unbranched alkanes of at least 4 members (excludes halogenated alkanes) is 15. The Morgan fingerprint density at radius 2 is 0.963 bits per heavy atom. The van der Waals surface area contributed by atoms with Crippen LogP contribution < -0.4 is 0 Å². The van der Waals surface area contributed by atoms with Crippen molar-refractivity contribution >= 4 is 0 Å². The zero-order chi connectivity index (χ0) is 19.3. The number of nitrogens with zero attached hydrogens (tertiary/aromatic N) is 3. The predicted octanol–water partition coefficient (Wildman–Crippen LogP) is 6.95. The van der Waals surface area contributed by atoms with E-state index in [0.29, 0.717) is 0 Å². The fourth-order valence-electron chi connectivity index (χ4n) is 3.54. The van der Waals surface area contributed by atoms with Crippen LogP contribution in [0.3, 0.4) is 0 Å². The molecule has 0 aliphatic heterocycles. The lowest BCUT2D eigenvalue weighted by Gasteiger charge is -2.05. The number of aryl methyl sites for hydroxylation is 1. The summed E-state index contributed by atoms with van der Waals surface area (Å²) in [6.45, 7) is 5.00. The monoisotopic (exact) mass is 379 g/mol. The van der Waals surface area contributed by atoms with E-state index in [4.69, 9.17) is 4.74 Å². The number of aromatic nitrogens is 3. The highest BCUT2D eigenvalue weighted by Crippen LogP contribution is 2.13. The van der Waals surface area contributed by atoms with E-state index in [2.05, 4.69) is 17.1 Å². The van der Waals surface area contributed by atoms with Gasteiger partial charge in [0.25, 0.3) is 0 Å². The summed E-state index contributed by atoms with van der Waals surface area (Å²) in [6.07, 6.45) is 27.2. The Hall–Kier alpha value is -0.900. The lowest BCUT2D eigenvalue weighted by molar-refractivity contribution is 0.124. The number of hydrogen-bond acceptors (Lipinski definition) is 3. The van der Waals surface area contributed by atoms with Crippen LogP contribution in [0.2, 0.25) is 0 Å². The molecule has 0 bridgehead atoms. The molecule has 0 aromatic carbocycles. The third-order valence-electron chi connectivity index (χ3n) is 5.31. The summed E-state index contributed by atoms with van der Waals surface area (Å²) in [5, 5.41) is 7.60. The molecule has 0 atom stereocenters. The molecule has 1 heterocycles. The minimum atomic E-state index is 0.844. The standard InChI is InChI=1S/C23H45N3O/c1-2-3-4-5-6-7-8-9-10-11-12-13-14-15-16-17-20-27-21-18-19-26-22-24-25-23-26/h22-23H,2-21H2,1H3. The highest BCUT2D eigenvalue weighted by molar-refractivity contribution is 4.59. The molecule has 0 spiro atoms. The van der Waals surface area contributed by atoms with Crippen molar-refractivity contribution < 1.29 is 4.74 Å². The van der Waals surface area contributed by atoms with Crippen molar-refractivity contribution in [3.05, 3.63) is 12.7 Å². The topological polar surface area (TPSA) is 39.9 Å². The minimum Gasteiger partial charge on any atom is -0.381 e. The van der Waals surface area contributed by atoms with Crippen molar-refractivity contribution in [1.29, 1.82) is 0 Å². The fraction of sp³-hybridized carbons (Fsp3) is 0.913. The Balaban J connectivity index is 1.64. The van der Waals surface area contributed by atoms with Crippen LogP contribution in [0.25, 0.3) is 0 Å². The van der Waals surface area contributed by atoms with Gasteiger partial charge in [-0.1, -0.05) is 103 Å². The molecule has 0 N–H and O–H groups in total. The van der Waals surface area contributed by atoms with Gasteiger partial charge in [0.2, 0.25) is 0 Å². The molecule has 158 valence electrons. The third-order valence-corrected chi connectivity index (χ3v) is 5.31. The van der Waals surface area contributed by atoms with Crippen LogP contribution in [0, 0.1) is 0 Å². The van der Waals surface area contributed by atoms with Crippen LogP contribution in [0.5, 0.6) is 0 Å². The first kappa shape index (κ1) is 24.1. The first-order chi connectivity index (χ1) is 13.4. The van der Waals surface area contributed by atoms with Crippen molar-refractivity contribution in [2.45, 2.75) is 123 Å². The molecule has 0 aliphatic rings. The van der Waals surface area contributed by atoms with E-state index >= 15 is 0 Å². The largest absolute Gasteiger partial charge is 0.381 e. The summed E-state index contributed by atoms with van der Waals surface area (Å²) in [7, 11) is 0. The van der Waals surface area contributed by atoms with Gasteiger partial charge in [-0.3, -0.25) is 0 Å². The van der Waals surface area contributed by atoms with Gasteiger partial charge in [-0.25, -0.2) is 0 Å². The van der Waals surface area contributed by atoms with Gasteiger partial charge in [-0.05, 0) is 12.8 Å².